The summed E-state index contributed by atoms with van der Waals surface area (Å²) in [5.74, 6) is 0.647. The van der Waals surface area contributed by atoms with E-state index < -0.39 is 0 Å². The van der Waals surface area contributed by atoms with Crippen molar-refractivity contribution in [1.82, 2.24) is 10.2 Å². The fourth-order valence-electron chi connectivity index (χ4n) is 3.26. The molecule has 4 nitrogen and oxygen atoms in total. The van der Waals surface area contributed by atoms with Crippen LogP contribution in [0.3, 0.4) is 0 Å². The van der Waals surface area contributed by atoms with Crippen molar-refractivity contribution < 1.29 is 4.79 Å². The predicted molar refractivity (Wildman–Crippen MR) is 80.1 cm³/mol. The van der Waals surface area contributed by atoms with Crippen LogP contribution in [0, 0.1) is 5.92 Å². The van der Waals surface area contributed by atoms with Crippen molar-refractivity contribution in [3.05, 3.63) is 0 Å². The van der Waals surface area contributed by atoms with Gasteiger partial charge in [0.05, 0.1) is 5.54 Å². The largest absolute Gasteiger partial charge is 0.333 e. The lowest BCUT2D eigenvalue weighted by molar-refractivity contribution is 0.0667. The molecular formula is C15H31N3O. The van der Waals surface area contributed by atoms with Crippen molar-refractivity contribution in [3.8, 4) is 0 Å². The van der Waals surface area contributed by atoms with E-state index in [0.717, 1.165) is 19.3 Å². The third-order valence-corrected chi connectivity index (χ3v) is 4.06. The van der Waals surface area contributed by atoms with Crippen molar-refractivity contribution >= 4 is 6.03 Å². The Kier molecular flexibility index (Phi) is 5.25. The molecule has 0 aliphatic heterocycles. The smallest absolute Gasteiger partial charge is 0.318 e. The maximum atomic E-state index is 12.5. The van der Waals surface area contributed by atoms with Crippen LogP contribution < -0.4 is 11.1 Å². The molecule has 1 aliphatic carbocycles. The average Bonchev–Trinajstić information content (AvgIpc) is 2.27. The Morgan fingerprint density at radius 1 is 1.47 bits per heavy atom. The Labute approximate surface area is 118 Å². The van der Waals surface area contributed by atoms with Gasteiger partial charge in [-0.3, -0.25) is 0 Å². The van der Waals surface area contributed by atoms with Gasteiger partial charge < -0.3 is 16.0 Å². The van der Waals surface area contributed by atoms with E-state index in [9.17, 15) is 4.79 Å². The van der Waals surface area contributed by atoms with Gasteiger partial charge in [-0.15, -0.1) is 0 Å². The molecule has 0 spiro atoms. The van der Waals surface area contributed by atoms with E-state index in [2.05, 4.69) is 12.2 Å². The third kappa shape index (κ3) is 4.10. The van der Waals surface area contributed by atoms with Crippen LogP contribution in [0.2, 0.25) is 0 Å². The van der Waals surface area contributed by atoms with E-state index in [1.165, 1.54) is 6.42 Å². The van der Waals surface area contributed by atoms with Crippen LogP contribution in [0.5, 0.6) is 0 Å². The molecule has 1 aliphatic rings. The van der Waals surface area contributed by atoms with Gasteiger partial charge in [-0.2, -0.15) is 0 Å². The predicted octanol–water partition coefficient (Wildman–Crippen LogP) is 2.72. The molecule has 0 bridgehead atoms. The number of urea groups is 1. The molecule has 0 saturated heterocycles. The Bertz CT molecular complexity index is 311. The highest BCUT2D eigenvalue weighted by atomic mass is 16.2. The Morgan fingerprint density at radius 2 is 2.11 bits per heavy atom. The molecule has 3 N–H and O–H groups in total. The summed E-state index contributed by atoms with van der Waals surface area (Å²) in [6.45, 7) is 11.6. The SMILES string of the molecule is CCN(C(=O)NC(C)(C)C)C1(CN)CCCC(C)C1. The monoisotopic (exact) mass is 269 g/mol. The molecule has 2 atom stereocenters. The molecule has 0 aromatic heterocycles. The van der Waals surface area contributed by atoms with Gasteiger partial charge in [0.15, 0.2) is 0 Å². The second kappa shape index (κ2) is 6.12. The van der Waals surface area contributed by atoms with Crippen LogP contribution in [0.25, 0.3) is 0 Å². The summed E-state index contributed by atoms with van der Waals surface area (Å²) in [5, 5.41) is 3.07. The Morgan fingerprint density at radius 3 is 2.53 bits per heavy atom. The van der Waals surface area contributed by atoms with Crippen LogP contribution >= 0.6 is 0 Å². The fourth-order valence-corrected chi connectivity index (χ4v) is 3.26. The number of nitrogens with two attached hydrogens (primary N) is 1. The van der Waals surface area contributed by atoms with Gasteiger partial charge in [-0.05, 0) is 46.5 Å². The zero-order valence-corrected chi connectivity index (χ0v) is 13.3. The minimum absolute atomic E-state index is 0.0227. The Balaban J connectivity index is 2.89. The lowest BCUT2D eigenvalue weighted by Crippen LogP contribution is -2.62. The molecule has 0 heterocycles. The molecule has 1 fully saturated rings. The summed E-state index contributed by atoms with van der Waals surface area (Å²) < 4.78 is 0. The third-order valence-electron chi connectivity index (χ3n) is 4.06. The first-order valence-corrected chi connectivity index (χ1v) is 7.54. The highest BCUT2D eigenvalue weighted by molar-refractivity contribution is 5.76. The molecule has 1 saturated carbocycles. The van der Waals surface area contributed by atoms with Crippen LogP contribution in [0.15, 0.2) is 0 Å². The first kappa shape index (κ1) is 16.3. The second-order valence-corrected chi connectivity index (χ2v) is 7.05. The molecule has 2 unspecified atom stereocenters. The van der Waals surface area contributed by atoms with Gasteiger partial charge in [0, 0.05) is 18.6 Å². The molecule has 0 radical (unpaired) electrons. The maximum absolute atomic E-state index is 12.5. The van der Waals surface area contributed by atoms with Crippen molar-refractivity contribution in [3.63, 3.8) is 0 Å². The molecule has 2 amide bonds. The van der Waals surface area contributed by atoms with E-state index >= 15 is 0 Å². The lowest BCUT2D eigenvalue weighted by atomic mass is 9.75. The number of rotatable bonds is 3. The number of carbonyl (C=O) groups is 1. The summed E-state index contributed by atoms with van der Waals surface area (Å²) in [4.78, 5) is 14.5. The first-order chi connectivity index (χ1) is 8.74. The zero-order valence-electron chi connectivity index (χ0n) is 13.3. The number of hydrogen-bond acceptors (Lipinski definition) is 2. The van der Waals surface area contributed by atoms with Crippen molar-refractivity contribution in [2.75, 3.05) is 13.1 Å². The van der Waals surface area contributed by atoms with E-state index in [4.69, 9.17) is 5.73 Å². The number of likely N-dealkylation sites (N-methyl/N-ethyl adjacent to an activating group) is 1. The summed E-state index contributed by atoms with van der Waals surface area (Å²) in [5.41, 5.74) is 5.70. The molecule has 112 valence electrons. The normalized spacial score (nSPS) is 28.0. The molecule has 1 rings (SSSR count). The van der Waals surface area contributed by atoms with Gasteiger partial charge in [0.1, 0.15) is 0 Å². The summed E-state index contributed by atoms with van der Waals surface area (Å²) in [6.07, 6.45) is 4.46. The average molecular weight is 269 g/mol. The van der Waals surface area contributed by atoms with E-state index in [0.29, 0.717) is 19.0 Å². The summed E-state index contributed by atoms with van der Waals surface area (Å²) in [7, 11) is 0. The highest BCUT2D eigenvalue weighted by Crippen LogP contribution is 2.36. The number of nitrogens with one attached hydrogen (secondary N) is 1. The maximum Gasteiger partial charge on any atom is 0.318 e. The standard InChI is InChI=1S/C15H31N3O/c1-6-18(13(19)17-14(3,4)5)15(11-16)9-7-8-12(2)10-15/h12H,6-11,16H2,1-5H3,(H,17,19). The molecule has 0 aromatic rings. The van der Waals surface area contributed by atoms with Crippen molar-refractivity contribution in [2.45, 2.75) is 71.4 Å². The minimum Gasteiger partial charge on any atom is -0.333 e. The minimum atomic E-state index is -0.208. The number of nitrogens with zero attached hydrogens (tertiary/aromatic N) is 1. The Hall–Kier alpha value is -0.770. The molecule has 4 heteroatoms. The highest BCUT2D eigenvalue weighted by Gasteiger charge is 2.41. The number of amides is 2. The van der Waals surface area contributed by atoms with Gasteiger partial charge in [0.25, 0.3) is 0 Å². The summed E-state index contributed by atoms with van der Waals surface area (Å²) in [6, 6.07) is 0.0227. The lowest BCUT2D eigenvalue weighted by Gasteiger charge is -2.48. The van der Waals surface area contributed by atoms with Crippen LogP contribution in [0.4, 0.5) is 4.79 Å². The molecule has 19 heavy (non-hydrogen) atoms. The van der Waals surface area contributed by atoms with Crippen LogP contribution in [-0.4, -0.2) is 35.1 Å². The summed E-state index contributed by atoms with van der Waals surface area (Å²) >= 11 is 0. The van der Waals surface area contributed by atoms with E-state index in [1.54, 1.807) is 0 Å². The topological polar surface area (TPSA) is 58.4 Å². The zero-order chi connectivity index (χ0) is 14.7. The quantitative estimate of drug-likeness (QED) is 0.827. The van der Waals surface area contributed by atoms with E-state index in [1.807, 2.05) is 32.6 Å². The first-order valence-electron chi connectivity index (χ1n) is 7.54. The molecule has 0 aromatic carbocycles. The van der Waals surface area contributed by atoms with Gasteiger partial charge in [-0.25, -0.2) is 4.79 Å². The number of carbonyl (C=O) groups excluding carboxylic acids is 1. The fraction of sp³-hybridized carbons (Fsp3) is 0.933. The van der Waals surface area contributed by atoms with Crippen molar-refractivity contribution in [1.29, 1.82) is 0 Å². The van der Waals surface area contributed by atoms with E-state index in [-0.39, 0.29) is 17.1 Å². The van der Waals surface area contributed by atoms with Gasteiger partial charge >= 0.3 is 6.03 Å². The van der Waals surface area contributed by atoms with Gasteiger partial charge in [0.2, 0.25) is 0 Å². The van der Waals surface area contributed by atoms with Crippen LogP contribution in [-0.2, 0) is 0 Å². The molecular weight excluding hydrogens is 238 g/mol. The van der Waals surface area contributed by atoms with Gasteiger partial charge in [-0.1, -0.05) is 19.8 Å². The van der Waals surface area contributed by atoms with Crippen molar-refractivity contribution in [2.24, 2.45) is 11.7 Å². The van der Waals surface area contributed by atoms with Crippen LogP contribution in [0.1, 0.15) is 60.3 Å². The number of hydrogen-bond donors (Lipinski definition) is 2. The second-order valence-electron chi connectivity index (χ2n) is 7.05.